The molecule has 0 aromatic heterocycles. The summed E-state index contributed by atoms with van der Waals surface area (Å²) in [6, 6.07) is 4.45. The molecule has 3 rings (SSSR count). The molecule has 2 aliphatic rings. The number of nitrogens with one attached hydrogen (secondary N) is 1. The van der Waals surface area contributed by atoms with E-state index in [4.69, 9.17) is 0 Å². The van der Waals surface area contributed by atoms with Crippen LogP contribution in [0.2, 0.25) is 0 Å². The maximum atomic E-state index is 12.8. The highest BCUT2D eigenvalue weighted by molar-refractivity contribution is 5.98. The predicted molar refractivity (Wildman–Crippen MR) is 86.4 cm³/mol. The molecule has 0 aliphatic carbocycles. The zero-order valence-electron chi connectivity index (χ0n) is 13.4. The molecule has 0 bridgehead atoms. The number of carbonyl (C=O) groups is 2. The molecule has 0 spiro atoms. The second-order valence-electron chi connectivity index (χ2n) is 6.25. The van der Waals surface area contributed by atoms with Crippen LogP contribution in [0.3, 0.4) is 0 Å². The lowest BCUT2D eigenvalue weighted by Gasteiger charge is -2.37. The predicted octanol–water partition coefficient (Wildman–Crippen LogP) is 0.737. The van der Waals surface area contributed by atoms with Crippen molar-refractivity contribution < 1.29 is 14.7 Å². The first kappa shape index (κ1) is 15.8. The summed E-state index contributed by atoms with van der Waals surface area (Å²) in [6.45, 7) is 5.00. The van der Waals surface area contributed by atoms with E-state index in [0.29, 0.717) is 25.2 Å². The Labute approximate surface area is 136 Å². The molecule has 2 saturated heterocycles. The number of nitrogens with zero attached hydrogens (tertiary/aromatic N) is 2. The molecule has 2 N–H and O–H groups in total. The fourth-order valence-electron chi connectivity index (χ4n) is 3.22. The van der Waals surface area contributed by atoms with Crippen LogP contribution in [0.1, 0.15) is 28.8 Å². The van der Waals surface area contributed by atoms with Crippen molar-refractivity contribution in [2.45, 2.75) is 25.8 Å². The summed E-state index contributed by atoms with van der Waals surface area (Å²) in [5.74, 6) is -0.0628. The molecule has 1 atom stereocenters. The lowest BCUT2D eigenvalue weighted by molar-refractivity contribution is -0.135. The highest BCUT2D eigenvalue weighted by Crippen LogP contribution is 2.21. The van der Waals surface area contributed by atoms with Crippen molar-refractivity contribution in [3.05, 3.63) is 29.3 Å². The number of aromatic hydroxyl groups is 1. The first-order valence-electron chi connectivity index (χ1n) is 8.18. The van der Waals surface area contributed by atoms with Gasteiger partial charge in [-0.15, -0.1) is 0 Å². The number of aryl methyl sites for hydroxylation is 1. The van der Waals surface area contributed by atoms with Gasteiger partial charge >= 0.3 is 0 Å². The van der Waals surface area contributed by atoms with Crippen LogP contribution in [-0.4, -0.2) is 65.5 Å². The summed E-state index contributed by atoms with van der Waals surface area (Å²) in [7, 11) is 0. The molecular formula is C17H23N3O3. The Morgan fingerprint density at radius 2 is 1.96 bits per heavy atom. The topological polar surface area (TPSA) is 72.9 Å². The van der Waals surface area contributed by atoms with Crippen LogP contribution in [0.5, 0.6) is 5.75 Å². The van der Waals surface area contributed by atoms with Crippen molar-refractivity contribution >= 4 is 11.8 Å². The van der Waals surface area contributed by atoms with Gasteiger partial charge in [-0.3, -0.25) is 9.59 Å². The van der Waals surface area contributed by atoms with Crippen LogP contribution in [0.4, 0.5) is 0 Å². The number of phenolic OH excluding ortho intramolecular Hbond substituents is 1. The number of hydrogen-bond donors (Lipinski definition) is 2. The van der Waals surface area contributed by atoms with Crippen LogP contribution in [0.15, 0.2) is 18.2 Å². The molecule has 23 heavy (non-hydrogen) atoms. The van der Waals surface area contributed by atoms with Gasteiger partial charge in [-0.25, -0.2) is 0 Å². The van der Waals surface area contributed by atoms with E-state index < -0.39 is 6.04 Å². The lowest BCUT2D eigenvalue weighted by Crippen LogP contribution is -2.59. The zero-order valence-corrected chi connectivity index (χ0v) is 13.4. The van der Waals surface area contributed by atoms with Gasteiger partial charge in [-0.1, -0.05) is 6.07 Å². The highest BCUT2D eigenvalue weighted by atomic mass is 16.3. The van der Waals surface area contributed by atoms with Crippen molar-refractivity contribution in [2.75, 3.05) is 32.7 Å². The van der Waals surface area contributed by atoms with E-state index in [0.717, 1.165) is 31.5 Å². The van der Waals surface area contributed by atoms with Gasteiger partial charge < -0.3 is 20.2 Å². The van der Waals surface area contributed by atoms with Gasteiger partial charge in [0, 0.05) is 38.3 Å². The van der Waals surface area contributed by atoms with Gasteiger partial charge in [0.05, 0.1) is 0 Å². The molecule has 2 amide bonds. The monoisotopic (exact) mass is 317 g/mol. The van der Waals surface area contributed by atoms with Crippen LogP contribution in [0, 0.1) is 6.92 Å². The minimum absolute atomic E-state index is 0.0272. The van der Waals surface area contributed by atoms with Crippen LogP contribution < -0.4 is 5.32 Å². The van der Waals surface area contributed by atoms with Crippen molar-refractivity contribution in [3.8, 4) is 5.75 Å². The molecule has 1 aromatic carbocycles. The molecule has 1 unspecified atom stereocenters. The Bertz CT molecular complexity index is 611. The number of hydrogen-bond acceptors (Lipinski definition) is 4. The Hall–Kier alpha value is -2.08. The largest absolute Gasteiger partial charge is 0.508 e. The first-order valence-corrected chi connectivity index (χ1v) is 8.18. The number of amides is 2. The Kier molecular flexibility index (Phi) is 4.52. The number of benzene rings is 1. The summed E-state index contributed by atoms with van der Waals surface area (Å²) in [6.07, 6.45) is 2.07. The van der Waals surface area contributed by atoms with Crippen molar-refractivity contribution in [1.82, 2.24) is 15.1 Å². The number of rotatable bonds is 2. The maximum Gasteiger partial charge on any atom is 0.254 e. The number of phenols is 1. The standard InChI is InChI=1S/C17H23N3O3/c1-12-4-5-13(10-15(12)21)16(22)20-9-6-18-11-14(20)17(23)19-7-2-3-8-19/h4-5,10,14,18,21H,2-3,6-9,11H2,1H3. The van der Waals surface area contributed by atoms with Gasteiger partial charge in [0.2, 0.25) is 5.91 Å². The molecule has 6 nitrogen and oxygen atoms in total. The molecule has 1 aromatic rings. The number of piperazine rings is 1. The Morgan fingerprint density at radius 3 is 2.65 bits per heavy atom. The summed E-state index contributed by atoms with van der Waals surface area (Å²) >= 11 is 0. The third-order valence-electron chi connectivity index (χ3n) is 4.66. The van der Waals surface area contributed by atoms with Crippen molar-refractivity contribution in [2.24, 2.45) is 0 Å². The molecule has 2 aliphatic heterocycles. The van der Waals surface area contributed by atoms with Crippen LogP contribution in [-0.2, 0) is 4.79 Å². The van der Waals surface area contributed by atoms with Gasteiger partial charge in [0.15, 0.2) is 0 Å². The lowest BCUT2D eigenvalue weighted by atomic mass is 10.1. The van der Waals surface area contributed by atoms with E-state index in [1.54, 1.807) is 24.0 Å². The van der Waals surface area contributed by atoms with E-state index in [-0.39, 0.29) is 17.6 Å². The third kappa shape index (κ3) is 3.17. The van der Waals surface area contributed by atoms with E-state index in [1.807, 2.05) is 4.90 Å². The summed E-state index contributed by atoms with van der Waals surface area (Å²) in [5, 5.41) is 13.0. The minimum atomic E-state index is -0.460. The van der Waals surface area contributed by atoms with Gasteiger partial charge in [0.1, 0.15) is 11.8 Å². The second-order valence-corrected chi connectivity index (χ2v) is 6.25. The summed E-state index contributed by atoms with van der Waals surface area (Å²) in [5.41, 5.74) is 1.15. The van der Waals surface area contributed by atoms with Crippen molar-refractivity contribution in [3.63, 3.8) is 0 Å². The molecular weight excluding hydrogens is 294 g/mol. The summed E-state index contributed by atoms with van der Waals surface area (Å²) in [4.78, 5) is 29.0. The van der Waals surface area contributed by atoms with E-state index in [2.05, 4.69) is 5.32 Å². The smallest absolute Gasteiger partial charge is 0.254 e. The van der Waals surface area contributed by atoms with Crippen LogP contribution in [0.25, 0.3) is 0 Å². The highest BCUT2D eigenvalue weighted by Gasteiger charge is 2.35. The van der Waals surface area contributed by atoms with Gasteiger partial charge in [0.25, 0.3) is 5.91 Å². The second kappa shape index (κ2) is 6.58. The third-order valence-corrected chi connectivity index (χ3v) is 4.66. The van der Waals surface area contributed by atoms with Gasteiger partial charge in [-0.05, 0) is 37.5 Å². The Morgan fingerprint density at radius 1 is 1.22 bits per heavy atom. The molecule has 2 heterocycles. The summed E-state index contributed by atoms with van der Waals surface area (Å²) < 4.78 is 0. The fraction of sp³-hybridized carbons (Fsp3) is 0.529. The quantitative estimate of drug-likeness (QED) is 0.844. The zero-order chi connectivity index (χ0) is 16.4. The minimum Gasteiger partial charge on any atom is -0.508 e. The molecule has 6 heteroatoms. The molecule has 0 saturated carbocycles. The SMILES string of the molecule is Cc1ccc(C(=O)N2CCNCC2C(=O)N2CCCC2)cc1O. The van der Waals surface area contributed by atoms with Gasteiger partial charge in [-0.2, -0.15) is 0 Å². The molecule has 0 radical (unpaired) electrons. The number of carbonyl (C=O) groups excluding carboxylic acids is 2. The average Bonchev–Trinajstić information content (AvgIpc) is 3.10. The molecule has 2 fully saturated rings. The Balaban J connectivity index is 1.81. The first-order chi connectivity index (χ1) is 11.1. The van der Waals surface area contributed by atoms with E-state index in [1.165, 1.54) is 6.07 Å². The fourth-order valence-corrected chi connectivity index (χ4v) is 3.22. The van der Waals surface area contributed by atoms with Crippen LogP contribution >= 0.6 is 0 Å². The number of likely N-dealkylation sites (tertiary alicyclic amines) is 1. The molecule has 124 valence electrons. The van der Waals surface area contributed by atoms with E-state index in [9.17, 15) is 14.7 Å². The average molecular weight is 317 g/mol. The van der Waals surface area contributed by atoms with E-state index >= 15 is 0 Å². The normalized spacial score (nSPS) is 21.5. The van der Waals surface area contributed by atoms with Crippen molar-refractivity contribution in [1.29, 1.82) is 0 Å². The maximum absolute atomic E-state index is 12.8.